The van der Waals surface area contributed by atoms with Gasteiger partial charge in [-0.25, -0.2) is 4.98 Å². The molecule has 0 radical (unpaired) electrons. The molecule has 2 aromatic rings. The number of amides is 1. The highest BCUT2D eigenvalue weighted by Gasteiger charge is 2.32. The molecule has 0 saturated carbocycles. The van der Waals surface area contributed by atoms with Crippen molar-refractivity contribution in [1.82, 2.24) is 19.4 Å². The van der Waals surface area contributed by atoms with Crippen molar-refractivity contribution >= 4 is 29.3 Å². The van der Waals surface area contributed by atoms with E-state index >= 15 is 0 Å². The molecule has 1 aliphatic rings. The van der Waals surface area contributed by atoms with Crippen molar-refractivity contribution in [2.45, 2.75) is 19.4 Å². The van der Waals surface area contributed by atoms with Crippen molar-refractivity contribution in [3.63, 3.8) is 0 Å². The van der Waals surface area contributed by atoms with Crippen LogP contribution in [0.4, 0.5) is 0 Å². The Hall–Kier alpha value is -1.69. The molecule has 1 N–H and O–H groups in total. The summed E-state index contributed by atoms with van der Waals surface area (Å²) in [5.41, 5.74) is 2.78. The zero-order chi connectivity index (χ0) is 12.9. The van der Waals surface area contributed by atoms with Crippen LogP contribution in [-0.4, -0.2) is 38.9 Å². The van der Waals surface area contributed by atoms with Gasteiger partial charge in [0.2, 0.25) is 5.91 Å². The van der Waals surface area contributed by atoms with Crippen LogP contribution in [0.15, 0.2) is 12.3 Å². The molecule has 3 rings (SSSR count). The van der Waals surface area contributed by atoms with E-state index in [4.69, 9.17) is 12.2 Å². The van der Waals surface area contributed by atoms with Crippen LogP contribution in [0.2, 0.25) is 0 Å². The van der Waals surface area contributed by atoms with Crippen LogP contribution >= 0.6 is 12.2 Å². The molecule has 2 aromatic heterocycles. The van der Waals surface area contributed by atoms with E-state index in [0.29, 0.717) is 4.77 Å². The number of aromatic nitrogens is 3. The van der Waals surface area contributed by atoms with E-state index < -0.39 is 0 Å². The minimum Gasteiger partial charge on any atom is -0.344 e. The number of imidazole rings is 1. The lowest BCUT2D eigenvalue weighted by Gasteiger charge is -2.12. The normalized spacial score (nSPS) is 20.0. The number of H-pyrrole nitrogens is 1. The van der Waals surface area contributed by atoms with E-state index in [2.05, 4.69) is 9.97 Å². The fourth-order valence-electron chi connectivity index (χ4n) is 2.48. The number of hydrogen-bond acceptors (Lipinski definition) is 3. The molecule has 1 atom stereocenters. The molecule has 1 aliphatic heterocycles. The molecule has 0 bridgehead atoms. The van der Waals surface area contributed by atoms with Gasteiger partial charge in [-0.3, -0.25) is 9.36 Å². The second-order valence-electron chi connectivity index (χ2n) is 4.69. The highest BCUT2D eigenvalue weighted by molar-refractivity contribution is 7.71. The number of hydrogen-bond donors (Lipinski definition) is 1. The molecule has 0 aliphatic carbocycles. The van der Waals surface area contributed by atoms with Crippen LogP contribution in [0.5, 0.6) is 0 Å². The molecule has 3 heterocycles. The van der Waals surface area contributed by atoms with Gasteiger partial charge in [-0.05, 0) is 37.2 Å². The topological polar surface area (TPSA) is 53.9 Å². The van der Waals surface area contributed by atoms with Crippen molar-refractivity contribution in [2.24, 2.45) is 0 Å². The lowest BCUT2D eigenvalue weighted by molar-refractivity contribution is -0.129. The first-order chi connectivity index (χ1) is 8.59. The summed E-state index contributed by atoms with van der Waals surface area (Å²) in [6, 6.07) is 1.71. The molecule has 18 heavy (non-hydrogen) atoms. The largest absolute Gasteiger partial charge is 0.344 e. The Kier molecular flexibility index (Phi) is 2.48. The SMILES string of the molecule is Cc1ccnc2c1[nH]c(=S)n2C1CCN(C)C1=O. The van der Waals surface area contributed by atoms with Crippen LogP contribution < -0.4 is 0 Å². The summed E-state index contributed by atoms with van der Waals surface area (Å²) in [5.74, 6) is 0.107. The minimum atomic E-state index is -0.217. The van der Waals surface area contributed by atoms with E-state index in [1.807, 2.05) is 24.6 Å². The molecular formula is C12H14N4OS. The van der Waals surface area contributed by atoms with E-state index in [-0.39, 0.29) is 11.9 Å². The van der Waals surface area contributed by atoms with Gasteiger partial charge in [-0.2, -0.15) is 0 Å². The molecule has 0 spiro atoms. The first kappa shape index (κ1) is 11.4. The fraction of sp³-hybridized carbons (Fsp3) is 0.417. The first-order valence-corrected chi connectivity index (χ1v) is 6.31. The summed E-state index contributed by atoms with van der Waals surface area (Å²) < 4.78 is 2.42. The zero-order valence-corrected chi connectivity index (χ0v) is 11.1. The van der Waals surface area contributed by atoms with E-state index in [1.54, 1.807) is 11.1 Å². The van der Waals surface area contributed by atoms with Crippen molar-refractivity contribution < 1.29 is 4.79 Å². The van der Waals surface area contributed by atoms with Gasteiger partial charge in [0.1, 0.15) is 6.04 Å². The molecule has 1 fully saturated rings. The molecule has 1 amide bonds. The number of carbonyl (C=O) groups excluding carboxylic acids is 1. The van der Waals surface area contributed by atoms with E-state index in [9.17, 15) is 4.79 Å². The molecular weight excluding hydrogens is 248 g/mol. The van der Waals surface area contributed by atoms with Crippen molar-refractivity contribution in [3.05, 3.63) is 22.6 Å². The smallest absolute Gasteiger partial charge is 0.245 e. The van der Waals surface area contributed by atoms with Gasteiger partial charge in [-0.15, -0.1) is 0 Å². The first-order valence-electron chi connectivity index (χ1n) is 5.90. The third-order valence-corrected chi connectivity index (χ3v) is 3.83. The second kappa shape index (κ2) is 3.91. The molecule has 1 unspecified atom stereocenters. The van der Waals surface area contributed by atoms with Crippen molar-refractivity contribution in [3.8, 4) is 0 Å². The number of likely N-dealkylation sites (N-methyl/N-ethyl adjacent to an activating group) is 1. The molecule has 0 aromatic carbocycles. The van der Waals surface area contributed by atoms with Gasteiger partial charge in [0, 0.05) is 19.8 Å². The number of fused-ring (bicyclic) bond motifs is 1. The minimum absolute atomic E-state index is 0.107. The van der Waals surface area contributed by atoms with Crippen LogP contribution in [0.25, 0.3) is 11.2 Å². The average molecular weight is 262 g/mol. The summed E-state index contributed by atoms with van der Waals surface area (Å²) in [5, 5.41) is 0. The van der Waals surface area contributed by atoms with Gasteiger partial charge in [-0.1, -0.05) is 0 Å². The number of pyridine rings is 1. The Bertz CT molecular complexity index is 687. The van der Waals surface area contributed by atoms with E-state index in [1.165, 1.54) is 0 Å². The predicted molar refractivity (Wildman–Crippen MR) is 70.9 cm³/mol. The molecule has 94 valence electrons. The van der Waals surface area contributed by atoms with Crippen molar-refractivity contribution in [2.75, 3.05) is 13.6 Å². The Labute approximate surface area is 109 Å². The molecule has 1 saturated heterocycles. The number of aryl methyl sites for hydroxylation is 1. The number of carbonyl (C=O) groups is 1. The van der Waals surface area contributed by atoms with Crippen LogP contribution in [0.1, 0.15) is 18.0 Å². The van der Waals surface area contributed by atoms with Gasteiger partial charge < -0.3 is 9.88 Å². The Morgan fingerprint density at radius 3 is 3.00 bits per heavy atom. The third kappa shape index (κ3) is 1.49. The summed E-state index contributed by atoms with van der Waals surface area (Å²) in [4.78, 5) is 21.4. The number of nitrogens with one attached hydrogen (secondary N) is 1. The highest BCUT2D eigenvalue weighted by atomic mass is 32.1. The Morgan fingerprint density at radius 2 is 2.33 bits per heavy atom. The van der Waals surface area contributed by atoms with Crippen LogP contribution in [0.3, 0.4) is 0 Å². The Balaban J connectivity index is 2.24. The fourth-order valence-corrected chi connectivity index (χ4v) is 2.79. The highest BCUT2D eigenvalue weighted by Crippen LogP contribution is 2.27. The van der Waals surface area contributed by atoms with Gasteiger partial charge in [0.25, 0.3) is 0 Å². The monoisotopic (exact) mass is 262 g/mol. The number of aromatic amines is 1. The third-order valence-electron chi connectivity index (χ3n) is 3.53. The van der Waals surface area contributed by atoms with Crippen LogP contribution in [0, 0.1) is 11.7 Å². The second-order valence-corrected chi connectivity index (χ2v) is 5.08. The summed E-state index contributed by atoms with van der Waals surface area (Å²) >= 11 is 5.34. The maximum Gasteiger partial charge on any atom is 0.245 e. The lowest BCUT2D eigenvalue weighted by atomic mass is 10.2. The summed E-state index contributed by atoms with van der Waals surface area (Å²) in [6.45, 7) is 2.77. The quantitative estimate of drug-likeness (QED) is 0.797. The lowest BCUT2D eigenvalue weighted by Crippen LogP contribution is -2.24. The summed E-state index contributed by atoms with van der Waals surface area (Å²) in [7, 11) is 1.82. The van der Waals surface area contributed by atoms with Crippen molar-refractivity contribution in [1.29, 1.82) is 0 Å². The zero-order valence-electron chi connectivity index (χ0n) is 10.3. The van der Waals surface area contributed by atoms with E-state index in [0.717, 1.165) is 29.7 Å². The van der Waals surface area contributed by atoms with Gasteiger partial charge in [0.05, 0.1) is 5.52 Å². The van der Waals surface area contributed by atoms with Gasteiger partial charge >= 0.3 is 0 Å². The summed E-state index contributed by atoms with van der Waals surface area (Å²) in [6.07, 6.45) is 2.53. The molecule has 5 nitrogen and oxygen atoms in total. The maximum atomic E-state index is 12.1. The van der Waals surface area contributed by atoms with Crippen LogP contribution in [-0.2, 0) is 4.79 Å². The number of nitrogens with zero attached hydrogens (tertiary/aromatic N) is 3. The molecule has 6 heteroatoms. The Morgan fingerprint density at radius 1 is 1.56 bits per heavy atom. The predicted octanol–water partition coefficient (Wildman–Crippen LogP) is 1.81. The standard InChI is InChI=1S/C12H14N4OS/c1-7-3-5-13-10-9(7)14-12(18)16(10)8-4-6-15(2)11(8)17/h3,5,8H,4,6H2,1-2H3,(H,14,18). The maximum absolute atomic E-state index is 12.1. The van der Waals surface area contributed by atoms with Gasteiger partial charge in [0.15, 0.2) is 10.4 Å². The number of likely N-dealkylation sites (tertiary alicyclic amines) is 1. The number of rotatable bonds is 1. The average Bonchev–Trinajstić information content (AvgIpc) is 2.83.